The van der Waals surface area contributed by atoms with Crippen molar-refractivity contribution in [1.29, 1.82) is 0 Å². The molecule has 0 saturated carbocycles. The minimum atomic E-state index is -0.440. The van der Waals surface area contributed by atoms with Crippen LogP contribution < -0.4 is 0 Å². The van der Waals surface area contributed by atoms with Crippen molar-refractivity contribution in [3.05, 3.63) is 11.6 Å². The van der Waals surface area contributed by atoms with Gasteiger partial charge in [-0.15, -0.1) is 0 Å². The molecule has 3 atom stereocenters. The highest BCUT2D eigenvalue weighted by Crippen LogP contribution is 2.22. The Morgan fingerprint density at radius 2 is 2.08 bits per heavy atom. The fraction of sp³-hybridized carbons (Fsp3) is 0.778. The second kappa shape index (κ2) is 4.03. The first-order valence-corrected chi connectivity index (χ1v) is 4.11. The Labute approximate surface area is 73.0 Å². The molecule has 3 unspecified atom stereocenters. The molecular formula is C9H16O3. The van der Waals surface area contributed by atoms with Gasteiger partial charge in [0.05, 0.1) is 12.2 Å². The van der Waals surface area contributed by atoms with Gasteiger partial charge in [0, 0.05) is 20.6 Å². The SMILES string of the molecule is COC1C=C(C)C(OC)C(O)C1. The largest absolute Gasteiger partial charge is 0.390 e. The lowest BCUT2D eigenvalue weighted by atomic mass is 9.93. The first-order valence-electron chi connectivity index (χ1n) is 4.11. The molecule has 1 rings (SSSR count). The molecule has 1 aliphatic rings. The summed E-state index contributed by atoms with van der Waals surface area (Å²) >= 11 is 0. The van der Waals surface area contributed by atoms with Crippen molar-refractivity contribution in [2.45, 2.75) is 31.7 Å². The van der Waals surface area contributed by atoms with Gasteiger partial charge in [0.15, 0.2) is 0 Å². The fourth-order valence-electron chi connectivity index (χ4n) is 1.63. The molecule has 0 amide bonds. The molecule has 0 fully saturated rings. The number of hydrogen-bond acceptors (Lipinski definition) is 3. The Hall–Kier alpha value is -0.380. The van der Waals surface area contributed by atoms with Crippen LogP contribution in [0.1, 0.15) is 13.3 Å². The second-order valence-corrected chi connectivity index (χ2v) is 3.14. The second-order valence-electron chi connectivity index (χ2n) is 3.14. The highest BCUT2D eigenvalue weighted by atomic mass is 16.5. The van der Waals surface area contributed by atoms with Crippen molar-refractivity contribution in [2.24, 2.45) is 0 Å². The van der Waals surface area contributed by atoms with Gasteiger partial charge in [0.2, 0.25) is 0 Å². The lowest BCUT2D eigenvalue weighted by molar-refractivity contribution is -0.0273. The number of ether oxygens (including phenoxy) is 2. The lowest BCUT2D eigenvalue weighted by Gasteiger charge is -2.30. The number of methoxy groups -OCH3 is 2. The van der Waals surface area contributed by atoms with Crippen molar-refractivity contribution in [1.82, 2.24) is 0 Å². The van der Waals surface area contributed by atoms with Crippen LogP contribution in [0.3, 0.4) is 0 Å². The van der Waals surface area contributed by atoms with Crippen molar-refractivity contribution in [3.8, 4) is 0 Å². The zero-order valence-electron chi connectivity index (χ0n) is 7.78. The molecule has 0 spiro atoms. The molecule has 3 nitrogen and oxygen atoms in total. The molecule has 0 aromatic carbocycles. The van der Waals surface area contributed by atoms with Crippen molar-refractivity contribution < 1.29 is 14.6 Å². The maximum Gasteiger partial charge on any atom is 0.104 e. The Balaban J connectivity index is 2.70. The van der Waals surface area contributed by atoms with Crippen LogP contribution in [0.4, 0.5) is 0 Å². The molecular weight excluding hydrogens is 156 g/mol. The van der Waals surface area contributed by atoms with Gasteiger partial charge < -0.3 is 14.6 Å². The predicted molar refractivity (Wildman–Crippen MR) is 46.0 cm³/mol. The van der Waals surface area contributed by atoms with Gasteiger partial charge in [-0.25, -0.2) is 0 Å². The van der Waals surface area contributed by atoms with E-state index in [0.717, 1.165) is 5.57 Å². The van der Waals surface area contributed by atoms with Crippen LogP contribution >= 0.6 is 0 Å². The average molecular weight is 172 g/mol. The van der Waals surface area contributed by atoms with Crippen LogP contribution in [0.5, 0.6) is 0 Å². The molecule has 0 saturated heterocycles. The van der Waals surface area contributed by atoms with Crippen molar-refractivity contribution >= 4 is 0 Å². The summed E-state index contributed by atoms with van der Waals surface area (Å²) in [6.45, 7) is 1.95. The van der Waals surface area contributed by atoms with E-state index in [1.54, 1.807) is 14.2 Å². The molecule has 12 heavy (non-hydrogen) atoms. The van der Waals surface area contributed by atoms with E-state index in [9.17, 15) is 5.11 Å². The van der Waals surface area contributed by atoms with E-state index in [4.69, 9.17) is 9.47 Å². The summed E-state index contributed by atoms with van der Waals surface area (Å²) in [5.41, 5.74) is 1.04. The van der Waals surface area contributed by atoms with E-state index < -0.39 is 6.10 Å². The zero-order valence-corrected chi connectivity index (χ0v) is 7.78. The maximum atomic E-state index is 9.60. The van der Waals surface area contributed by atoms with Crippen LogP contribution in [0.25, 0.3) is 0 Å². The van der Waals surface area contributed by atoms with Gasteiger partial charge in [0.25, 0.3) is 0 Å². The number of hydrogen-bond donors (Lipinski definition) is 1. The Morgan fingerprint density at radius 1 is 1.42 bits per heavy atom. The van der Waals surface area contributed by atoms with Gasteiger partial charge in [-0.2, -0.15) is 0 Å². The van der Waals surface area contributed by atoms with Crippen LogP contribution in [-0.4, -0.2) is 37.6 Å². The summed E-state index contributed by atoms with van der Waals surface area (Å²) in [6, 6.07) is 0. The number of rotatable bonds is 2. The Morgan fingerprint density at radius 3 is 2.50 bits per heavy atom. The van der Waals surface area contributed by atoms with Gasteiger partial charge >= 0.3 is 0 Å². The van der Waals surface area contributed by atoms with Gasteiger partial charge in [-0.05, 0) is 12.5 Å². The third kappa shape index (κ3) is 1.86. The fourth-order valence-corrected chi connectivity index (χ4v) is 1.63. The molecule has 70 valence electrons. The smallest absolute Gasteiger partial charge is 0.104 e. The highest BCUT2D eigenvalue weighted by molar-refractivity contribution is 5.15. The molecule has 3 heteroatoms. The quantitative estimate of drug-likeness (QED) is 0.624. The summed E-state index contributed by atoms with van der Waals surface area (Å²) in [6.07, 6.45) is 2.06. The van der Waals surface area contributed by atoms with E-state index in [1.807, 2.05) is 13.0 Å². The van der Waals surface area contributed by atoms with Crippen LogP contribution in [0, 0.1) is 0 Å². The molecule has 0 radical (unpaired) electrons. The van der Waals surface area contributed by atoms with E-state index in [2.05, 4.69) is 0 Å². The number of aliphatic hydroxyl groups excluding tert-OH is 1. The summed E-state index contributed by atoms with van der Waals surface area (Å²) in [5, 5.41) is 9.60. The first kappa shape index (κ1) is 9.71. The Kier molecular flexibility index (Phi) is 3.26. The van der Waals surface area contributed by atoms with E-state index in [-0.39, 0.29) is 12.2 Å². The predicted octanol–water partition coefficient (Wildman–Crippen LogP) is 0.727. The van der Waals surface area contributed by atoms with Gasteiger partial charge in [-0.3, -0.25) is 0 Å². The standard InChI is InChI=1S/C9H16O3/c1-6-4-7(11-2)5-8(10)9(6)12-3/h4,7-10H,5H2,1-3H3. The van der Waals surface area contributed by atoms with E-state index in [0.29, 0.717) is 6.42 Å². The van der Waals surface area contributed by atoms with Gasteiger partial charge in [0.1, 0.15) is 6.10 Å². The lowest BCUT2D eigenvalue weighted by Crippen LogP contribution is -2.37. The maximum absolute atomic E-state index is 9.60. The zero-order chi connectivity index (χ0) is 9.14. The normalized spacial score (nSPS) is 36.3. The molecule has 0 aliphatic heterocycles. The summed E-state index contributed by atoms with van der Waals surface area (Å²) in [7, 11) is 3.26. The molecule has 1 N–H and O–H groups in total. The van der Waals surface area contributed by atoms with Crippen LogP contribution in [0.15, 0.2) is 11.6 Å². The molecule has 1 aliphatic carbocycles. The molecule has 0 aromatic rings. The van der Waals surface area contributed by atoms with Crippen LogP contribution in [0.2, 0.25) is 0 Å². The Bertz CT molecular complexity index is 177. The minimum Gasteiger partial charge on any atom is -0.390 e. The average Bonchev–Trinajstić information content (AvgIpc) is 2.03. The topological polar surface area (TPSA) is 38.7 Å². The van der Waals surface area contributed by atoms with E-state index in [1.165, 1.54) is 0 Å². The third-order valence-electron chi connectivity index (χ3n) is 2.28. The van der Waals surface area contributed by atoms with Gasteiger partial charge in [-0.1, -0.05) is 6.08 Å². The van der Waals surface area contributed by atoms with Crippen molar-refractivity contribution in [2.75, 3.05) is 14.2 Å². The molecule has 0 heterocycles. The minimum absolute atomic E-state index is 0.0337. The monoisotopic (exact) mass is 172 g/mol. The summed E-state index contributed by atoms with van der Waals surface area (Å²) < 4.78 is 10.3. The summed E-state index contributed by atoms with van der Waals surface area (Å²) in [5.74, 6) is 0. The number of aliphatic hydroxyl groups is 1. The summed E-state index contributed by atoms with van der Waals surface area (Å²) in [4.78, 5) is 0. The molecule has 0 aromatic heterocycles. The van der Waals surface area contributed by atoms with Crippen LogP contribution in [-0.2, 0) is 9.47 Å². The first-order chi connectivity index (χ1) is 5.69. The third-order valence-corrected chi connectivity index (χ3v) is 2.28. The van der Waals surface area contributed by atoms with E-state index >= 15 is 0 Å². The highest BCUT2D eigenvalue weighted by Gasteiger charge is 2.28. The molecule has 0 bridgehead atoms. The van der Waals surface area contributed by atoms with Crippen molar-refractivity contribution in [3.63, 3.8) is 0 Å².